The lowest BCUT2D eigenvalue weighted by Crippen LogP contribution is -2.42. The number of ketones is 1. The van der Waals surface area contributed by atoms with Gasteiger partial charge in [0, 0.05) is 28.2 Å². The smallest absolute Gasteiger partial charge is 0.336 e. The number of terminal acetylenes is 1. The molecule has 2 amide bonds. The molecule has 9 nitrogen and oxygen atoms in total. The van der Waals surface area contributed by atoms with E-state index < -0.39 is 35.4 Å². The van der Waals surface area contributed by atoms with Crippen LogP contribution < -0.4 is 16.1 Å². The topological polar surface area (TPSA) is 126 Å². The van der Waals surface area contributed by atoms with Gasteiger partial charge in [-0.15, -0.1) is 6.42 Å². The summed E-state index contributed by atoms with van der Waals surface area (Å²) in [4.78, 5) is 50.5. The van der Waals surface area contributed by atoms with Gasteiger partial charge in [0.25, 0.3) is 5.91 Å². The second-order valence-corrected chi connectivity index (χ2v) is 9.19. The molecule has 0 aliphatic carbocycles. The number of rotatable bonds is 6. The van der Waals surface area contributed by atoms with Gasteiger partial charge in [0.1, 0.15) is 0 Å². The van der Waals surface area contributed by atoms with E-state index in [0.717, 1.165) is 0 Å². The Hall–Kier alpha value is -4.97. The Balaban J connectivity index is 1.67. The first-order valence-electron chi connectivity index (χ1n) is 12.4. The largest absolute Gasteiger partial charge is 0.466 e. The second kappa shape index (κ2) is 11.2. The number of hydrogen-bond donors (Lipinski definition) is 3. The van der Waals surface area contributed by atoms with Crippen LogP contribution in [0.25, 0.3) is 0 Å². The van der Waals surface area contributed by atoms with Crippen LogP contribution in [-0.2, 0) is 23.9 Å². The van der Waals surface area contributed by atoms with E-state index in [9.17, 15) is 19.2 Å². The van der Waals surface area contributed by atoms with Gasteiger partial charge in [-0.1, -0.05) is 37.1 Å². The van der Waals surface area contributed by atoms with Gasteiger partial charge in [-0.2, -0.15) is 5.10 Å². The van der Waals surface area contributed by atoms with Crippen molar-refractivity contribution >= 4 is 35.0 Å². The average Bonchev–Trinajstić information content (AvgIpc) is 2.94. The van der Waals surface area contributed by atoms with Crippen LogP contribution in [0.5, 0.6) is 0 Å². The first-order valence-corrected chi connectivity index (χ1v) is 12.4. The van der Waals surface area contributed by atoms with E-state index >= 15 is 0 Å². The van der Waals surface area contributed by atoms with Crippen LogP contribution in [0.3, 0.4) is 0 Å². The minimum Gasteiger partial charge on any atom is -0.466 e. The van der Waals surface area contributed by atoms with Gasteiger partial charge in [-0.05, 0) is 55.7 Å². The second-order valence-electron chi connectivity index (χ2n) is 9.19. The Bertz CT molecular complexity index is 1510. The monoisotopic (exact) mass is 524 g/mol. The predicted molar refractivity (Wildman–Crippen MR) is 146 cm³/mol. The molecule has 4 rings (SSSR count). The molecule has 2 aromatic rings. The summed E-state index contributed by atoms with van der Waals surface area (Å²) >= 11 is 0. The predicted octanol–water partition coefficient (Wildman–Crippen LogP) is 3.14. The SMILES string of the molecule is C#Cc1cccc(C2C(C(=O)Nc3ccc(C4=NNC(=O)C(=O)C4CC)cc3)=C(C)NC(C)=C2C(=O)OC)c1. The Morgan fingerprint density at radius 3 is 2.41 bits per heavy atom. The van der Waals surface area contributed by atoms with Crippen molar-refractivity contribution in [3.05, 3.63) is 87.8 Å². The highest BCUT2D eigenvalue weighted by molar-refractivity contribution is 6.43. The third-order valence-electron chi connectivity index (χ3n) is 6.79. The number of dihydropyridines is 1. The maximum absolute atomic E-state index is 13.7. The fraction of sp³-hybridized carbons (Fsp3) is 0.233. The summed E-state index contributed by atoms with van der Waals surface area (Å²) in [5, 5.41) is 10.1. The molecule has 0 fully saturated rings. The van der Waals surface area contributed by atoms with Crippen LogP contribution in [0.15, 0.2) is 76.2 Å². The molecule has 0 aromatic heterocycles. The van der Waals surface area contributed by atoms with Gasteiger partial charge in [0.2, 0.25) is 5.78 Å². The van der Waals surface area contributed by atoms with Crippen LogP contribution in [0, 0.1) is 18.3 Å². The van der Waals surface area contributed by atoms with Gasteiger partial charge in [0.15, 0.2) is 0 Å². The zero-order valence-electron chi connectivity index (χ0n) is 22.0. The number of nitrogens with one attached hydrogen (secondary N) is 3. The standard InChI is InChI=1S/C30H28N4O5/c1-6-18-9-8-10-20(15-18)25-23(16(3)31-17(4)24(25)30(38)39-5)28(36)32-21-13-11-19(12-14-21)26-22(7-2)27(35)29(37)34-33-26/h1,8-15,22,25,31H,7H2,2-5H3,(H,32,36)(H,34,37). The number of anilines is 1. The van der Waals surface area contributed by atoms with Crippen molar-refractivity contribution in [2.45, 2.75) is 33.1 Å². The number of Topliss-reactive ketones (excluding diaryl/α,β-unsaturated/α-hetero) is 1. The Morgan fingerprint density at radius 1 is 1.08 bits per heavy atom. The molecule has 0 saturated heterocycles. The molecular weight excluding hydrogens is 496 g/mol. The number of methoxy groups -OCH3 is 1. The number of hydrogen-bond acceptors (Lipinski definition) is 7. The summed E-state index contributed by atoms with van der Waals surface area (Å²) in [6, 6.07) is 14.0. The van der Waals surface area contributed by atoms with Crippen molar-refractivity contribution in [3.63, 3.8) is 0 Å². The summed E-state index contributed by atoms with van der Waals surface area (Å²) in [6.07, 6.45) is 6.05. The minimum absolute atomic E-state index is 0.311. The van der Waals surface area contributed by atoms with Crippen LogP contribution in [0.1, 0.15) is 49.8 Å². The molecule has 3 N–H and O–H groups in total. The molecule has 198 valence electrons. The number of amides is 2. The molecule has 2 aliphatic rings. The molecule has 2 aliphatic heterocycles. The van der Waals surface area contributed by atoms with E-state index in [-0.39, 0.29) is 0 Å². The summed E-state index contributed by atoms with van der Waals surface area (Å²) in [5.74, 6) is -0.983. The number of carbonyl (C=O) groups is 4. The van der Waals surface area contributed by atoms with E-state index in [1.54, 1.807) is 56.3 Å². The number of ether oxygens (including phenoxy) is 1. The van der Waals surface area contributed by atoms with Crippen molar-refractivity contribution in [2.75, 3.05) is 12.4 Å². The first kappa shape index (κ1) is 27.1. The maximum Gasteiger partial charge on any atom is 0.336 e. The third-order valence-corrected chi connectivity index (χ3v) is 6.79. The van der Waals surface area contributed by atoms with Gasteiger partial charge >= 0.3 is 11.9 Å². The lowest BCUT2D eigenvalue weighted by atomic mass is 9.79. The van der Waals surface area contributed by atoms with Gasteiger partial charge < -0.3 is 15.4 Å². The molecule has 9 heteroatoms. The number of nitrogens with zero attached hydrogens (tertiary/aromatic N) is 1. The van der Waals surface area contributed by atoms with Crippen molar-refractivity contribution in [1.82, 2.24) is 10.7 Å². The van der Waals surface area contributed by atoms with Crippen LogP contribution in [-0.4, -0.2) is 36.4 Å². The van der Waals surface area contributed by atoms with E-state index in [2.05, 4.69) is 27.1 Å². The number of carbonyl (C=O) groups excluding carboxylic acids is 4. The molecule has 2 aromatic carbocycles. The molecule has 2 unspecified atom stereocenters. The average molecular weight is 525 g/mol. The van der Waals surface area contributed by atoms with Gasteiger partial charge in [-0.3, -0.25) is 14.4 Å². The van der Waals surface area contributed by atoms with Crippen LogP contribution in [0.4, 0.5) is 5.69 Å². The summed E-state index contributed by atoms with van der Waals surface area (Å²) < 4.78 is 5.06. The van der Waals surface area contributed by atoms with Gasteiger partial charge in [-0.25, -0.2) is 10.2 Å². The van der Waals surface area contributed by atoms with Crippen LogP contribution >= 0.6 is 0 Å². The molecule has 0 spiro atoms. The van der Waals surface area contributed by atoms with Gasteiger partial charge in [0.05, 0.1) is 30.2 Å². The zero-order valence-corrected chi connectivity index (χ0v) is 22.0. The van der Waals surface area contributed by atoms with Crippen molar-refractivity contribution < 1.29 is 23.9 Å². The maximum atomic E-state index is 13.7. The fourth-order valence-electron chi connectivity index (χ4n) is 4.91. The lowest BCUT2D eigenvalue weighted by Gasteiger charge is -2.31. The Kier molecular flexibility index (Phi) is 7.77. The molecular formula is C30H28N4O5. The molecule has 0 saturated carbocycles. The minimum atomic E-state index is -0.725. The van der Waals surface area contributed by atoms with E-state index in [1.165, 1.54) is 7.11 Å². The number of hydrazone groups is 1. The highest BCUT2D eigenvalue weighted by Crippen LogP contribution is 2.39. The summed E-state index contributed by atoms with van der Waals surface area (Å²) in [5.41, 5.74) is 6.98. The normalized spacial score (nSPS) is 19.0. The molecule has 2 atom stereocenters. The molecule has 39 heavy (non-hydrogen) atoms. The highest BCUT2D eigenvalue weighted by atomic mass is 16.5. The zero-order chi connectivity index (χ0) is 28.3. The van der Waals surface area contributed by atoms with Crippen molar-refractivity contribution in [1.29, 1.82) is 0 Å². The third kappa shape index (κ3) is 5.22. The molecule has 0 bridgehead atoms. The van der Waals surface area contributed by atoms with Crippen LogP contribution in [0.2, 0.25) is 0 Å². The number of allylic oxidation sites excluding steroid dienone is 2. The number of benzene rings is 2. The van der Waals surface area contributed by atoms with E-state index in [1.807, 2.05) is 13.0 Å². The number of esters is 1. The highest BCUT2D eigenvalue weighted by Gasteiger charge is 2.37. The first-order chi connectivity index (χ1) is 18.7. The molecule has 2 heterocycles. The van der Waals surface area contributed by atoms with E-state index in [4.69, 9.17) is 11.2 Å². The molecule has 0 radical (unpaired) electrons. The Morgan fingerprint density at radius 2 is 1.77 bits per heavy atom. The summed E-state index contributed by atoms with van der Waals surface area (Å²) in [6.45, 7) is 5.34. The van der Waals surface area contributed by atoms with Crippen molar-refractivity contribution in [2.24, 2.45) is 11.0 Å². The lowest BCUT2D eigenvalue weighted by molar-refractivity contribution is -0.139. The summed E-state index contributed by atoms with van der Waals surface area (Å²) in [7, 11) is 1.29. The quantitative estimate of drug-likeness (QED) is 0.303. The van der Waals surface area contributed by atoms with E-state index in [0.29, 0.717) is 57.1 Å². The van der Waals surface area contributed by atoms with Crippen molar-refractivity contribution in [3.8, 4) is 12.3 Å². The Labute approximate surface area is 226 Å². The fourth-order valence-corrected chi connectivity index (χ4v) is 4.91.